The van der Waals surface area contributed by atoms with Crippen molar-refractivity contribution in [1.29, 1.82) is 0 Å². The summed E-state index contributed by atoms with van der Waals surface area (Å²) in [6.45, 7) is -0.224. The average molecular weight is 388 g/mol. The van der Waals surface area contributed by atoms with E-state index in [0.717, 1.165) is 5.56 Å². The van der Waals surface area contributed by atoms with E-state index in [1.165, 1.54) is 0 Å². The molecule has 0 aliphatic rings. The minimum atomic E-state index is -0.576. The fraction of sp³-hybridized carbons (Fsp3) is 0.0870. The van der Waals surface area contributed by atoms with Gasteiger partial charge >= 0.3 is 5.97 Å². The summed E-state index contributed by atoms with van der Waals surface area (Å²) in [6.07, 6.45) is 0.198. The van der Waals surface area contributed by atoms with Gasteiger partial charge in [0.1, 0.15) is 12.3 Å². The van der Waals surface area contributed by atoms with Gasteiger partial charge in [-0.15, -0.1) is 0 Å². The van der Waals surface area contributed by atoms with Gasteiger partial charge in [0.25, 0.3) is 5.91 Å². The first-order valence-electron chi connectivity index (χ1n) is 9.08. The lowest BCUT2D eigenvalue weighted by Crippen LogP contribution is -2.32. The Morgan fingerprint density at radius 1 is 0.759 bits per heavy atom. The minimum Gasteiger partial charge on any atom is -0.425 e. The summed E-state index contributed by atoms with van der Waals surface area (Å²) in [4.78, 5) is 35.9. The number of benzene rings is 3. The number of esters is 1. The molecule has 2 amide bonds. The summed E-state index contributed by atoms with van der Waals surface area (Å²) < 4.78 is 5.19. The summed E-state index contributed by atoms with van der Waals surface area (Å²) in [5.41, 5.74) is 2.00. The van der Waals surface area contributed by atoms with Gasteiger partial charge in [0.05, 0.1) is 6.42 Å². The molecule has 0 fully saturated rings. The Bertz CT molecular complexity index is 971. The van der Waals surface area contributed by atoms with Crippen LogP contribution < -0.4 is 15.4 Å². The third-order valence-corrected chi connectivity index (χ3v) is 4.02. The van der Waals surface area contributed by atoms with Gasteiger partial charge < -0.3 is 15.4 Å². The molecule has 0 spiro atoms. The van der Waals surface area contributed by atoms with Crippen molar-refractivity contribution >= 4 is 23.5 Å². The largest absolute Gasteiger partial charge is 0.425 e. The van der Waals surface area contributed by atoms with Crippen LogP contribution in [0.4, 0.5) is 5.69 Å². The maximum Gasteiger partial charge on any atom is 0.330 e. The quantitative estimate of drug-likeness (QED) is 0.481. The number of amides is 2. The van der Waals surface area contributed by atoms with Gasteiger partial charge in [-0.1, -0.05) is 48.5 Å². The summed E-state index contributed by atoms with van der Waals surface area (Å²) in [5.74, 6) is -0.735. The van der Waals surface area contributed by atoms with E-state index in [1.807, 2.05) is 36.4 Å². The Hall–Kier alpha value is -3.93. The SMILES string of the molecule is O=C(Cc1ccccc1)NCC(=O)Oc1ccc(NC(=O)c2ccccc2)cc1. The molecular formula is C23H20N2O4. The van der Waals surface area contributed by atoms with Gasteiger partial charge in [-0.05, 0) is 42.0 Å². The highest BCUT2D eigenvalue weighted by Crippen LogP contribution is 2.16. The predicted octanol–water partition coefficient (Wildman–Crippen LogP) is 3.20. The van der Waals surface area contributed by atoms with Crippen LogP contribution >= 0.6 is 0 Å². The van der Waals surface area contributed by atoms with E-state index in [-0.39, 0.29) is 24.8 Å². The fourth-order valence-corrected chi connectivity index (χ4v) is 2.58. The van der Waals surface area contributed by atoms with E-state index < -0.39 is 5.97 Å². The molecule has 0 radical (unpaired) electrons. The number of hydrogen-bond donors (Lipinski definition) is 2. The van der Waals surface area contributed by atoms with Gasteiger partial charge in [-0.2, -0.15) is 0 Å². The Morgan fingerprint density at radius 2 is 1.38 bits per heavy atom. The molecule has 0 aromatic heterocycles. The van der Waals surface area contributed by atoms with Gasteiger partial charge in [0, 0.05) is 11.3 Å². The van der Waals surface area contributed by atoms with Crippen LogP contribution in [0.1, 0.15) is 15.9 Å². The van der Waals surface area contributed by atoms with Gasteiger partial charge in [-0.25, -0.2) is 4.79 Å². The fourth-order valence-electron chi connectivity index (χ4n) is 2.58. The molecule has 3 aromatic rings. The molecule has 0 unspecified atom stereocenters. The number of hydrogen-bond acceptors (Lipinski definition) is 4. The molecular weight excluding hydrogens is 368 g/mol. The lowest BCUT2D eigenvalue weighted by Gasteiger charge is -2.08. The second-order valence-electron chi connectivity index (χ2n) is 6.26. The molecule has 6 heteroatoms. The lowest BCUT2D eigenvalue weighted by molar-refractivity contribution is -0.135. The van der Waals surface area contributed by atoms with Crippen molar-refractivity contribution in [3.63, 3.8) is 0 Å². The maximum absolute atomic E-state index is 12.1. The zero-order chi connectivity index (χ0) is 20.5. The van der Waals surface area contributed by atoms with Gasteiger partial charge in [0.2, 0.25) is 5.91 Å². The van der Waals surface area contributed by atoms with Crippen LogP contribution in [-0.2, 0) is 16.0 Å². The molecule has 0 bridgehead atoms. The summed E-state index contributed by atoms with van der Waals surface area (Å²) in [5, 5.41) is 5.30. The molecule has 0 atom stereocenters. The lowest BCUT2D eigenvalue weighted by atomic mass is 10.1. The van der Waals surface area contributed by atoms with Crippen molar-refractivity contribution in [2.75, 3.05) is 11.9 Å². The maximum atomic E-state index is 12.1. The number of rotatable bonds is 7. The van der Waals surface area contributed by atoms with E-state index in [1.54, 1.807) is 48.5 Å². The average Bonchev–Trinajstić information content (AvgIpc) is 2.75. The summed E-state index contributed by atoms with van der Waals surface area (Å²) in [6, 6.07) is 24.5. The molecule has 2 N–H and O–H groups in total. The van der Waals surface area contributed by atoms with E-state index >= 15 is 0 Å². The number of nitrogens with one attached hydrogen (secondary N) is 2. The Labute approximate surface area is 168 Å². The van der Waals surface area contributed by atoms with E-state index in [0.29, 0.717) is 17.0 Å². The van der Waals surface area contributed by atoms with Crippen LogP contribution in [0.3, 0.4) is 0 Å². The molecule has 0 saturated heterocycles. The van der Waals surface area contributed by atoms with Gasteiger partial charge in [0.15, 0.2) is 0 Å². The molecule has 29 heavy (non-hydrogen) atoms. The third-order valence-electron chi connectivity index (χ3n) is 4.02. The molecule has 146 valence electrons. The number of ether oxygens (including phenoxy) is 1. The monoisotopic (exact) mass is 388 g/mol. The van der Waals surface area contributed by atoms with Crippen LogP contribution in [-0.4, -0.2) is 24.3 Å². The van der Waals surface area contributed by atoms with E-state index in [2.05, 4.69) is 10.6 Å². The first kappa shape index (κ1) is 19.8. The normalized spacial score (nSPS) is 10.1. The third kappa shape index (κ3) is 6.32. The first-order valence-corrected chi connectivity index (χ1v) is 9.08. The Kier molecular flexibility index (Phi) is 6.73. The standard InChI is InChI=1S/C23H20N2O4/c26-21(15-17-7-3-1-4-8-17)24-16-22(27)29-20-13-11-19(12-14-20)25-23(28)18-9-5-2-6-10-18/h1-14H,15-16H2,(H,24,26)(H,25,28). The predicted molar refractivity (Wildman–Crippen MR) is 110 cm³/mol. The highest BCUT2D eigenvalue weighted by atomic mass is 16.5. The topological polar surface area (TPSA) is 84.5 Å². The number of carbonyl (C=O) groups excluding carboxylic acids is 3. The molecule has 3 rings (SSSR count). The van der Waals surface area contributed by atoms with Crippen molar-refractivity contribution in [1.82, 2.24) is 5.32 Å². The first-order chi connectivity index (χ1) is 14.1. The van der Waals surface area contributed by atoms with Gasteiger partial charge in [-0.3, -0.25) is 9.59 Å². The van der Waals surface area contributed by atoms with Crippen molar-refractivity contribution < 1.29 is 19.1 Å². The van der Waals surface area contributed by atoms with Crippen molar-refractivity contribution in [2.24, 2.45) is 0 Å². The Balaban J connectivity index is 1.45. The molecule has 3 aromatic carbocycles. The molecule has 6 nitrogen and oxygen atoms in total. The second kappa shape index (κ2) is 9.85. The Morgan fingerprint density at radius 3 is 2.03 bits per heavy atom. The zero-order valence-electron chi connectivity index (χ0n) is 15.6. The highest BCUT2D eigenvalue weighted by molar-refractivity contribution is 6.04. The summed E-state index contributed by atoms with van der Waals surface area (Å²) >= 11 is 0. The van der Waals surface area contributed by atoms with Crippen molar-refractivity contribution in [2.45, 2.75) is 6.42 Å². The van der Waals surface area contributed by atoms with Crippen LogP contribution in [0.2, 0.25) is 0 Å². The molecule has 0 heterocycles. The summed E-state index contributed by atoms with van der Waals surface area (Å²) in [7, 11) is 0. The van der Waals surface area contributed by atoms with E-state index in [4.69, 9.17) is 4.74 Å². The minimum absolute atomic E-state index is 0.198. The van der Waals surface area contributed by atoms with Crippen LogP contribution in [0.25, 0.3) is 0 Å². The van der Waals surface area contributed by atoms with Crippen molar-refractivity contribution in [3.8, 4) is 5.75 Å². The smallest absolute Gasteiger partial charge is 0.330 e. The van der Waals surface area contributed by atoms with Crippen LogP contribution in [0, 0.1) is 0 Å². The molecule has 0 aliphatic carbocycles. The second-order valence-corrected chi connectivity index (χ2v) is 6.26. The molecule has 0 saturated carbocycles. The van der Waals surface area contributed by atoms with E-state index in [9.17, 15) is 14.4 Å². The number of carbonyl (C=O) groups is 3. The van der Waals surface area contributed by atoms with Crippen molar-refractivity contribution in [3.05, 3.63) is 96.1 Å². The van der Waals surface area contributed by atoms with Crippen LogP contribution in [0.15, 0.2) is 84.9 Å². The molecule has 0 aliphatic heterocycles. The zero-order valence-corrected chi connectivity index (χ0v) is 15.6. The van der Waals surface area contributed by atoms with Crippen LogP contribution in [0.5, 0.6) is 5.75 Å². The highest BCUT2D eigenvalue weighted by Gasteiger charge is 2.09. The number of anilines is 1.